The van der Waals surface area contributed by atoms with Crippen molar-refractivity contribution in [2.75, 3.05) is 0 Å². The van der Waals surface area contributed by atoms with Gasteiger partial charge in [0.1, 0.15) is 5.76 Å². The minimum atomic E-state index is -0.113. The predicted molar refractivity (Wildman–Crippen MR) is 127 cm³/mol. The highest BCUT2D eigenvalue weighted by Gasteiger charge is 2.34. The number of rotatable bonds is 6. The molecule has 2 aromatic carbocycles. The number of aryl methyl sites for hydroxylation is 1. The molecule has 31 heavy (non-hydrogen) atoms. The highest BCUT2D eigenvalue weighted by molar-refractivity contribution is 8.18. The van der Waals surface area contributed by atoms with Crippen molar-refractivity contribution in [3.63, 3.8) is 0 Å². The van der Waals surface area contributed by atoms with E-state index in [2.05, 4.69) is 10.2 Å². The van der Waals surface area contributed by atoms with Gasteiger partial charge in [0.15, 0.2) is 5.17 Å². The summed E-state index contributed by atoms with van der Waals surface area (Å²) in [5.74, 6) is 0.574. The van der Waals surface area contributed by atoms with Crippen molar-refractivity contribution in [2.24, 2.45) is 10.2 Å². The van der Waals surface area contributed by atoms with Gasteiger partial charge in [-0.25, -0.2) is 0 Å². The molecule has 3 aromatic rings. The number of allylic oxidation sites excluding steroid dienone is 1. The molecule has 0 atom stereocenters. The van der Waals surface area contributed by atoms with E-state index in [1.807, 2.05) is 85.8 Å². The van der Waals surface area contributed by atoms with E-state index in [-0.39, 0.29) is 5.91 Å². The Morgan fingerprint density at radius 3 is 2.61 bits per heavy atom. The zero-order valence-corrected chi connectivity index (χ0v) is 17.8. The second-order valence-electron chi connectivity index (χ2n) is 6.85. The average Bonchev–Trinajstić information content (AvgIpc) is 3.40. The van der Waals surface area contributed by atoms with Gasteiger partial charge in [-0.2, -0.15) is 5.10 Å². The van der Waals surface area contributed by atoms with Gasteiger partial charge in [0.05, 0.1) is 17.7 Å². The fourth-order valence-corrected chi connectivity index (χ4v) is 3.94. The number of nitrogens with zero attached hydrogens (tertiary/aromatic N) is 3. The average molecular weight is 428 g/mol. The van der Waals surface area contributed by atoms with Crippen LogP contribution in [0.5, 0.6) is 0 Å². The topological polar surface area (TPSA) is 58.2 Å². The summed E-state index contributed by atoms with van der Waals surface area (Å²) in [6, 6.07) is 21.5. The molecule has 6 heteroatoms. The first-order valence-corrected chi connectivity index (χ1v) is 10.6. The summed E-state index contributed by atoms with van der Waals surface area (Å²) in [5.41, 5.74) is 3.19. The number of thioether (sulfide) groups is 1. The number of carbonyl (C=O) groups excluding carboxylic acids is 1. The Bertz CT molecular complexity index is 1160. The van der Waals surface area contributed by atoms with Gasteiger partial charge in [0, 0.05) is 6.21 Å². The van der Waals surface area contributed by atoms with Crippen LogP contribution in [0.25, 0.3) is 12.2 Å². The van der Waals surface area contributed by atoms with Gasteiger partial charge in [-0.15, -0.1) is 5.10 Å². The molecule has 5 nitrogen and oxygen atoms in total. The lowest BCUT2D eigenvalue weighted by molar-refractivity contribution is -0.122. The molecule has 1 aliphatic rings. The van der Waals surface area contributed by atoms with Crippen LogP contribution in [0.3, 0.4) is 0 Å². The Kier molecular flexibility index (Phi) is 6.59. The fourth-order valence-electron chi connectivity index (χ4n) is 3.01. The molecule has 0 spiro atoms. The molecule has 0 N–H and O–H groups in total. The summed E-state index contributed by atoms with van der Waals surface area (Å²) in [4.78, 5) is 15.3. The Balaban J connectivity index is 1.56. The van der Waals surface area contributed by atoms with Crippen molar-refractivity contribution in [3.05, 3.63) is 106 Å². The van der Waals surface area contributed by atoms with Crippen molar-refractivity contribution >= 4 is 41.2 Å². The molecule has 0 unspecified atom stereocenters. The zero-order chi connectivity index (χ0) is 21.5. The van der Waals surface area contributed by atoms with Crippen molar-refractivity contribution < 1.29 is 9.21 Å². The van der Waals surface area contributed by atoms with Gasteiger partial charge < -0.3 is 4.42 Å². The number of amides is 1. The Morgan fingerprint density at radius 1 is 1.03 bits per heavy atom. The van der Waals surface area contributed by atoms with Crippen molar-refractivity contribution in [1.29, 1.82) is 0 Å². The van der Waals surface area contributed by atoms with E-state index in [1.165, 1.54) is 11.8 Å². The quantitative estimate of drug-likeness (QED) is 0.285. The minimum absolute atomic E-state index is 0.113. The van der Waals surface area contributed by atoms with E-state index in [1.54, 1.807) is 23.4 Å². The van der Waals surface area contributed by atoms with Gasteiger partial charge in [-0.3, -0.25) is 9.69 Å². The lowest BCUT2D eigenvalue weighted by atomic mass is 10.1. The molecule has 1 fully saturated rings. The SMILES string of the molecule is Cc1ccccc1/C=C1\S\C(=N/N=C/C=C/c2ccccc2)N(Cc2ccco2)C1=O. The monoisotopic (exact) mass is 427 g/mol. The van der Waals surface area contributed by atoms with Gasteiger partial charge in [0.2, 0.25) is 0 Å². The van der Waals surface area contributed by atoms with E-state index >= 15 is 0 Å². The second kappa shape index (κ2) is 9.91. The van der Waals surface area contributed by atoms with Gasteiger partial charge in [-0.05, 0) is 59.7 Å². The fraction of sp³-hybridized carbons (Fsp3) is 0.0800. The number of benzene rings is 2. The maximum atomic E-state index is 13.1. The highest BCUT2D eigenvalue weighted by atomic mass is 32.2. The highest BCUT2D eigenvalue weighted by Crippen LogP contribution is 2.34. The van der Waals surface area contributed by atoms with Crippen LogP contribution in [0.15, 0.2) is 98.6 Å². The molecule has 4 rings (SSSR count). The van der Waals surface area contributed by atoms with Crippen molar-refractivity contribution in [2.45, 2.75) is 13.5 Å². The third kappa shape index (κ3) is 5.29. The summed E-state index contributed by atoms with van der Waals surface area (Å²) in [6.07, 6.45) is 8.87. The molecule has 0 saturated carbocycles. The number of hydrogen-bond acceptors (Lipinski definition) is 5. The molecule has 154 valence electrons. The molecule has 1 aliphatic heterocycles. The largest absolute Gasteiger partial charge is 0.467 e. The molecular formula is C25H21N3O2S. The third-order valence-corrected chi connectivity index (χ3v) is 5.64. The van der Waals surface area contributed by atoms with Crippen molar-refractivity contribution in [1.82, 2.24) is 4.90 Å². The van der Waals surface area contributed by atoms with Crippen LogP contribution in [0, 0.1) is 6.92 Å². The summed E-state index contributed by atoms with van der Waals surface area (Å²) in [7, 11) is 0. The Hall–Kier alpha value is -3.64. The first kappa shape index (κ1) is 20.6. The van der Waals surface area contributed by atoms with Crippen molar-refractivity contribution in [3.8, 4) is 0 Å². The summed E-state index contributed by atoms with van der Waals surface area (Å²) >= 11 is 1.31. The lowest BCUT2D eigenvalue weighted by Crippen LogP contribution is -2.28. The van der Waals surface area contributed by atoms with Gasteiger partial charge in [-0.1, -0.05) is 60.7 Å². The molecule has 1 aromatic heterocycles. The molecule has 0 aliphatic carbocycles. The predicted octanol–water partition coefficient (Wildman–Crippen LogP) is 5.76. The molecule has 2 heterocycles. The number of hydrogen-bond donors (Lipinski definition) is 0. The normalized spacial score (nSPS) is 17.1. The Labute approximate surface area is 185 Å². The molecule has 0 radical (unpaired) electrons. The van der Waals surface area contributed by atoms with Crippen LogP contribution in [-0.2, 0) is 11.3 Å². The van der Waals surface area contributed by atoms with Crippen LogP contribution in [0.1, 0.15) is 22.5 Å². The number of carbonyl (C=O) groups is 1. The zero-order valence-electron chi connectivity index (χ0n) is 17.0. The third-order valence-electron chi connectivity index (χ3n) is 4.64. The second-order valence-corrected chi connectivity index (χ2v) is 7.86. The molecular weight excluding hydrogens is 406 g/mol. The van der Waals surface area contributed by atoms with E-state index in [9.17, 15) is 4.79 Å². The summed E-state index contributed by atoms with van der Waals surface area (Å²) in [6.45, 7) is 2.33. The van der Waals surface area contributed by atoms with Gasteiger partial charge >= 0.3 is 0 Å². The first-order valence-electron chi connectivity index (χ1n) is 9.83. The maximum Gasteiger partial charge on any atom is 0.267 e. The standard InChI is InChI=1S/C25H21N3O2S/c1-19-9-5-6-13-21(19)17-23-24(29)28(18-22-14-8-16-30-22)25(31-23)27-26-15-7-12-20-10-3-2-4-11-20/h2-17H,18H2,1H3/b12-7+,23-17-,26-15+,27-25-. The number of furan rings is 1. The maximum absolute atomic E-state index is 13.1. The first-order chi connectivity index (χ1) is 15.2. The van der Waals surface area contributed by atoms with E-state index in [0.717, 1.165) is 16.7 Å². The van der Waals surface area contributed by atoms with Crippen LogP contribution >= 0.6 is 11.8 Å². The molecule has 1 saturated heterocycles. The van der Waals surface area contributed by atoms with Crippen LogP contribution in [-0.4, -0.2) is 22.2 Å². The van der Waals surface area contributed by atoms with Gasteiger partial charge in [0.25, 0.3) is 5.91 Å². The van der Waals surface area contributed by atoms with Crippen LogP contribution in [0.4, 0.5) is 0 Å². The van der Waals surface area contributed by atoms with E-state index < -0.39 is 0 Å². The summed E-state index contributed by atoms with van der Waals surface area (Å²) in [5, 5.41) is 8.97. The van der Waals surface area contributed by atoms with Crippen LogP contribution < -0.4 is 0 Å². The minimum Gasteiger partial charge on any atom is -0.467 e. The van der Waals surface area contributed by atoms with E-state index in [4.69, 9.17) is 4.42 Å². The lowest BCUT2D eigenvalue weighted by Gasteiger charge is -2.12. The summed E-state index contributed by atoms with van der Waals surface area (Å²) < 4.78 is 5.43. The van der Waals surface area contributed by atoms with E-state index in [0.29, 0.717) is 22.4 Å². The molecule has 1 amide bonds. The smallest absolute Gasteiger partial charge is 0.267 e. The van der Waals surface area contributed by atoms with Crippen LogP contribution in [0.2, 0.25) is 0 Å². The molecule has 0 bridgehead atoms. The Morgan fingerprint density at radius 2 is 1.84 bits per heavy atom. The number of amidine groups is 1.